The van der Waals surface area contributed by atoms with Gasteiger partial charge in [-0.25, -0.2) is 4.79 Å². The van der Waals surface area contributed by atoms with E-state index in [4.69, 9.17) is 11.2 Å². The molecule has 0 aliphatic rings. The van der Waals surface area contributed by atoms with Crippen LogP contribution in [0, 0.1) is 12.3 Å². The lowest BCUT2D eigenvalue weighted by Crippen LogP contribution is -2.47. The van der Waals surface area contributed by atoms with Gasteiger partial charge in [0.15, 0.2) is 0 Å². The zero-order chi connectivity index (χ0) is 15.2. The van der Waals surface area contributed by atoms with Crippen LogP contribution in [0.4, 0.5) is 0 Å². The lowest BCUT2D eigenvalue weighted by Gasteiger charge is -2.28. The van der Waals surface area contributed by atoms with Gasteiger partial charge in [0, 0.05) is 0 Å². The number of carbonyl (C=O) groups is 1. The van der Waals surface area contributed by atoms with Gasteiger partial charge < -0.3 is 4.74 Å². The van der Waals surface area contributed by atoms with Crippen LogP contribution >= 0.6 is 0 Å². The zero-order valence-electron chi connectivity index (χ0n) is 12.7. The van der Waals surface area contributed by atoms with E-state index in [9.17, 15) is 4.79 Å². The fraction of sp³-hybridized carbons (Fsp3) is 0.471. The minimum Gasteiger partial charge on any atom is -0.464 e. The summed E-state index contributed by atoms with van der Waals surface area (Å²) < 4.78 is 5.17. The number of rotatable bonds is 6. The maximum atomic E-state index is 12.2. The highest BCUT2D eigenvalue weighted by atomic mass is 16.5. The van der Waals surface area contributed by atoms with Crippen molar-refractivity contribution in [2.24, 2.45) is 0 Å². The molecule has 1 N–H and O–H groups in total. The Labute approximate surface area is 121 Å². The molecule has 1 rings (SSSR count). The quantitative estimate of drug-likeness (QED) is 0.640. The molecule has 0 saturated carbocycles. The van der Waals surface area contributed by atoms with E-state index in [2.05, 4.69) is 25.1 Å². The van der Waals surface area contributed by atoms with Crippen molar-refractivity contribution < 1.29 is 9.53 Å². The summed E-state index contributed by atoms with van der Waals surface area (Å²) >= 11 is 0. The van der Waals surface area contributed by atoms with Crippen LogP contribution in [0.5, 0.6) is 0 Å². The molecule has 3 nitrogen and oxygen atoms in total. The molecule has 1 aromatic rings. The van der Waals surface area contributed by atoms with Gasteiger partial charge >= 0.3 is 5.97 Å². The average molecular weight is 273 g/mol. The van der Waals surface area contributed by atoms with Crippen molar-refractivity contribution in [3.8, 4) is 12.3 Å². The average Bonchev–Trinajstić information content (AvgIpc) is 2.45. The van der Waals surface area contributed by atoms with Gasteiger partial charge in [-0.3, -0.25) is 5.32 Å². The molecule has 0 aromatic heterocycles. The standard InChI is InChI=1S/C17H23NO2/c1-6-12-18-17(5,16(19)20-7-2)15-10-8-14(9-11-15)13(3)4/h1,8-11,13,18H,7,12H2,2-5H3. The third kappa shape index (κ3) is 3.61. The first kappa shape index (κ1) is 16.3. The highest BCUT2D eigenvalue weighted by Crippen LogP contribution is 2.25. The number of carbonyl (C=O) groups excluding carboxylic acids is 1. The smallest absolute Gasteiger partial charge is 0.330 e. The fourth-order valence-electron chi connectivity index (χ4n) is 2.00. The molecule has 20 heavy (non-hydrogen) atoms. The van der Waals surface area contributed by atoms with Crippen molar-refractivity contribution >= 4 is 5.97 Å². The van der Waals surface area contributed by atoms with E-state index in [-0.39, 0.29) is 5.97 Å². The van der Waals surface area contributed by atoms with E-state index >= 15 is 0 Å². The molecule has 0 radical (unpaired) electrons. The molecule has 1 unspecified atom stereocenters. The Kier molecular flexibility index (Phi) is 5.79. The third-order valence-corrected chi connectivity index (χ3v) is 3.38. The SMILES string of the molecule is C#CCNC(C)(C(=O)OCC)c1ccc(C(C)C)cc1. The number of hydrogen-bond acceptors (Lipinski definition) is 3. The molecule has 1 aromatic carbocycles. The molecule has 0 aliphatic heterocycles. The second kappa shape index (κ2) is 7.12. The summed E-state index contributed by atoms with van der Waals surface area (Å²) in [7, 11) is 0. The van der Waals surface area contributed by atoms with Crippen molar-refractivity contribution in [3.63, 3.8) is 0 Å². The number of nitrogens with one attached hydrogen (secondary N) is 1. The molecule has 0 bridgehead atoms. The summed E-state index contributed by atoms with van der Waals surface area (Å²) in [6, 6.07) is 7.98. The Morgan fingerprint density at radius 2 is 2.00 bits per heavy atom. The number of terminal acetylenes is 1. The Balaban J connectivity index is 3.10. The molecule has 0 heterocycles. The predicted molar refractivity (Wildman–Crippen MR) is 81.4 cm³/mol. The summed E-state index contributed by atoms with van der Waals surface area (Å²) in [6.45, 7) is 8.51. The molecule has 0 saturated heterocycles. The van der Waals surface area contributed by atoms with E-state index in [0.29, 0.717) is 19.1 Å². The maximum absolute atomic E-state index is 12.2. The van der Waals surface area contributed by atoms with Crippen LogP contribution in [0.1, 0.15) is 44.7 Å². The monoisotopic (exact) mass is 273 g/mol. The van der Waals surface area contributed by atoms with E-state index in [1.165, 1.54) is 5.56 Å². The van der Waals surface area contributed by atoms with Crippen molar-refractivity contribution in [1.29, 1.82) is 0 Å². The van der Waals surface area contributed by atoms with Gasteiger partial charge in [0.2, 0.25) is 0 Å². The molecule has 0 fully saturated rings. The second-order valence-corrected chi connectivity index (χ2v) is 5.18. The van der Waals surface area contributed by atoms with Crippen molar-refractivity contribution in [2.75, 3.05) is 13.2 Å². The molecule has 1 atom stereocenters. The van der Waals surface area contributed by atoms with Gasteiger partial charge in [-0.1, -0.05) is 44.0 Å². The van der Waals surface area contributed by atoms with Gasteiger partial charge in [-0.05, 0) is 30.9 Å². The summed E-state index contributed by atoms with van der Waals surface area (Å²) in [4.78, 5) is 12.2. The molecule has 0 amide bonds. The van der Waals surface area contributed by atoms with Crippen molar-refractivity contribution in [2.45, 2.75) is 39.2 Å². The van der Waals surface area contributed by atoms with E-state index < -0.39 is 5.54 Å². The minimum atomic E-state index is -0.919. The third-order valence-electron chi connectivity index (χ3n) is 3.38. The summed E-state index contributed by atoms with van der Waals surface area (Å²) in [6.07, 6.45) is 5.29. The van der Waals surface area contributed by atoms with Gasteiger partial charge in [0.25, 0.3) is 0 Å². The molecular weight excluding hydrogens is 250 g/mol. The Morgan fingerprint density at radius 3 is 2.45 bits per heavy atom. The van der Waals surface area contributed by atoms with Crippen molar-refractivity contribution in [1.82, 2.24) is 5.32 Å². The van der Waals surface area contributed by atoms with Gasteiger partial charge in [0.1, 0.15) is 5.54 Å². The Morgan fingerprint density at radius 1 is 1.40 bits per heavy atom. The second-order valence-electron chi connectivity index (χ2n) is 5.18. The van der Waals surface area contributed by atoms with Crippen LogP contribution in [0.15, 0.2) is 24.3 Å². The van der Waals surface area contributed by atoms with E-state index in [0.717, 1.165) is 5.56 Å². The highest BCUT2D eigenvalue weighted by molar-refractivity contribution is 5.82. The van der Waals surface area contributed by atoms with Crippen LogP contribution in [0.2, 0.25) is 0 Å². The summed E-state index contributed by atoms with van der Waals surface area (Å²) in [5.74, 6) is 2.64. The molecule has 108 valence electrons. The zero-order valence-corrected chi connectivity index (χ0v) is 12.7. The fourth-order valence-corrected chi connectivity index (χ4v) is 2.00. The normalized spacial score (nSPS) is 13.6. The van der Waals surface area contributed by atoms with Crippen molar-refractivity contribution in [3.05, 3.63) is 35.4 Å². The largest absolute Gasteiger partial charge is 0.464 e. The van der Waals surface area contributed by atoms with Crippen LogP contribution in [-0.2, 0) is 15.1 Å². The first-order valence-electron chi connectivity index (χ1n) is 6.91. The molecule has 0 aliphatic carbocycles. The van der Waals surface area contributed by atoms with Gasteiger partial charge in [-0.2, -0.15) is 0 Å². The summed E-state index contributed by atoms with van der Waals surface area (Å²) in [5, 5.41) is 3.08. The van der Waals surface area contributed by atoms with E-state index in [1.54, 1.807) is 13.8 Å². The predicted octanol–water partition coefficient (Wildman–Crippen LogP) is 2.81. The topological polar surface area (TPSA) is 38.3 Å². The Bertz CT molecular complexity index is 485. The molecule has 0 spiro atoms. The van der Waals surface area contributed by atoms with Crippen LogP contribution < -0.4 is 5.32 Å². The van der Waals surface area contributed by atoms with Gasteiger partial charge in [-0.15, -0.1) is 6.42 Å². The van der Waals surface area contributed by atoms with Crippen LogP contribution in [0.3, 0.4) is 0 Å². The number of benzene rings is 1. The van der Waals surface area contributed by atoms with Crippen LogP contribution in [0.25, 0.3) is 0 Å². The van der Waals surface area contributed by atoms with Gasteiger partial charge in [0.05, 0.1) is 13.2 Å². The molecular formula is C17H23NO2. The highest BCUT2D eigenvalue weighted by Gasteiger charge is 2.36. The first-order valence-corrected chi connectivity index (χ1v) is 6.91. The lowest BCUT2D eigenvalue weighted by atomic mass is 9.90. The minimum absolute atomic E-state index is 0.307. The number of esters is 1. The molecule has 3 heteroatoms. The number of hydrogen-bond donors (Lipinski definition) is 1. The summed E-state index contributed by atoms with van der Waals surface area (Å²) in [5.41, 5.74) is 1.17. The maximum Gasteiger partial charge on any atom is 0.330 e. The van der Waals surface area contributed by atoms with Crippen LogP contribution in [-0.4, -0.2) is 19.1 Å². The van der Waals surface area contributed by atoms with E-state index in [1.807, 2.05) is 24.3 Å². The lowest BCUT2D eigenvalue weighted by molar-refractivity contribution is -0.150. The first-order chi connectivity index (χ1) is 9.45. The Hall–Kier alpha value is -1.79. The number of ether oxygens (including phenoxy) is 1.